The van der Waals surface area contributed by atoms with Crippen LogP contribution < -0.4 is 0 Å². The van der Waals surface area contributed by atoms with Gasteiger partial charge in [0.1, 0.15) is 0 Å². The second-order valence-corrected chi connectivity index (χ2v) is 8.50. The molecule has 0 fully saturated rings. The van der Waals surface area contributed by atoms with Crippen LogP contribution in [0.4, 0.5) is 0 Å². The summed E-state index contributed by atoms with van der Waals surface area (Å²) in [6, 6.07) is -0.491. The van der Waals surface area contributed by atoms with Gasteiger partial charge in [-0.3, -0.25) is 0 Å². The molecule has 0 heterocycles. The summed E-state index contributed by atoms with van der Waals surface area (Å²) in [4.78, 5) is 3.00. The van der Waals surface area contributed by atoms with Gasteiger partial charge >= 0.3 is 0 Å². The normalized spacial score (nSPS) is 15.3. The molecule has 0 aliphatic heterocycles. The molecule has 33 heavy (non-hydrogen) atoms. The highest BCUT2D eigenvalue weighted by molar-refractivity contribution is 4.97. The standard InChI is InChI=1S/C26H51N3O4/c1-6-9-10-11-12-13-14-15-16-17-18-19-20-21-26(33-24(5)31-8-3)25(28-29-27)22-32-23(4)30-7-2/h20-21,23-26H,6-19,22H2,1-5H3/t23?,24?,25-,26+/m1/s1. The summed E-state index contributed by atoms with van der Waals surface area (Å²) in [5.74, 6) is 0. The van der Waals surface area contributed by atoms with Crippen molar-refractivity contribution in [3.8, 4) is 0 Å². The van der Waals surface area contributed by atoms with E-state index in [9.17, 15) is 0 Å². The van der Waals surface area contributed by atoms with Crippen LogP contribution in [0.1, 0.15) is 112 Å². The first-order chi connectivity index (χ1) is 16.1. The largest absolute Gasteiger partial charge is 0.353 e. The zero-order valence-electron chi connectivity index (χ0n) is 22.0. The van der Waals surface area contributed by atoms with Crippen molar-refractivity contribution < 1.29 is 18.9 Å². The van der Waals surface area contributed by atoms with Gasteiger partial charge in [0.15, 0.2) is 12.6 Å². The lowest BCUT2D eigenvalue weighted by Crippen LogP contribution is -2.34. The van der Waals surface area contributed by atoms with Crippen molar-refractivity contribution >= 4 is 0 Å². The Labute approximate surface area is 203 Å². The molecule has 0 saturated carbocycles. The lowest BCUT2D eigenvalue weighted by atomic mass is 10.0. The maximum Gasteiger partial charge on any atom is 0.155 e. The molecule has 0 aromatic carbocycles. The van der Waals surface area contributed by atoms with E-state index in [0.29, 0.717) is 13.2 Å². The third-order valence-electron chi connectivity index (χ3n) is 5.53. The topological polar surface area (TPSA) is 85.7 Å². The van der Waals surface area contributed by atoms with Crippen LogP contribution in [0.2, 0.25) is 0 Å². The molecule has 0 amide bonds. The molecule has 7 nitrogen and oxygen atoms in total. The Morgan fingerprint density at radius 1 is 0.758 bits per heavy atom. The van der Waals surface area contributed by atoms with E-state index in [-0.39, 0.29) is 12.9 Å². The van der Waals surface area contributed by atoms with Crippen LogP contribution in [0.5, 0.6) is 0 Å². The molecule has 0 aromatic heterocycles. The Hall–Kier alpha value is -1.11. The van der Waals surface area contributed by atoms with E-state index in [1.54, 1.807) is 0 Å². The maximum absolute atomic E-state index is 9.04. The van der Waals surface area contributed by atoms with E-state index in [4.69, 9.17) is 24.5 Å². The summed E-state index contributed by atoms with van der Waals surface area (Å²) in [7, 11) is 0. The quantitative estimate of drug-likeness (QED) is 0.0357. The first-order valence-corrected chi connectivity index (χ1v) is 13.3. The van der Waals surface area contributed by atoms with Crippen LogP contribution >= 0.6 is 0 Å². The molecule has 0 rings (SSSR count). The number of allylic oxidation sites excluding steroid dienone is 1. The van der Waals surface area contributed by atoms with Crippen molar-refractivity contribution in [3.63, 3.8) is 0 Å². The number of nitrogens with zero attached hydrogens (tertiary/aromatic N) is 3. The molecule has 194 valence electrons. The van der Waals surface area contributed by atoms with Gasteiger partial charge < -0.3 is 18.9 Å². The van der Waals surface area contributed by atoms with Crippen molar-refractivity contribution in [2.75, 3.05) is 19.8 Å². The Bertz CT molecular complexity index is 498. The summed E-state index contributed by atoms with van der Waals surface area (Å²) in [5, 5.41) is 3.92. The van der Waals surface area contributed by atoms with Crippen molar-refractivity contribution in [1.82, 2.24) is 0 Å². The average Bonchev–Trinajstić information content (AvgIpc) is 2.79. The second-order valence-electron chi connectivity index (χ2n) is 8.50. The van der Waals surface area contributed by atoms with Gasteiger partial charge in [-0.2, -0.15) is 0 Å². The smallest absolute Gasteiger partial charge is 0.155 e. The van der Waals surface area contributed by atoms with Crippen molar-refractivity contribution in [2.24, 2.45) is 5.11 Å². The van der Waals surface area contributed by atoms with E-state index in [1.165, 1.54) is 64.2 Å². The van der Waals surface area contributed by atoms with Crippen LogP contribution in [0, 0.1) is 0 Å². The summed E-state index contributed by atoms with van der Waals surface area (Å²) in [5.41, 5.74) is 9.04. The molecule has 2 unspecified atom stereocenters. The van der Waals surface area contributed by atoms with Crippen LogP contribution in [0.3, 0.4) is 0 Å². The fraction of sp³-hybridized carbons (Fsp3) is 0.923. The number of ether oxygens (including phenoxy) is 4. The van der Waals surface area contributed by atoms with Gasteiger partial charge in [0.25, 0.3) is 0 Å². The molecular formula is C26H51N3O4. The molecule has 0 spiro atoms. The molecule has 0 aliphatic carbocycles. The number of hydrogen-bond donors (Lipinski definition) is 0. The summed E-state index contributed by atoms with van der Waals surface area (Å²) in [6.45, 7) is 11.1. The second kappa shape index (κ2) is 24.0. The highest BCUT2D eigenvalue weighted by Gasteiger charge is 2.22. The minimum absolute atomic E-state index is 0.220. The monoisotopic (exact) mass is 469 g/mol. The highest BCUT2D eigenvalue weighted by atomic mass is 16.7. The first-order valence-electron chi connectivity index (χ1n) is 13.3. The third-order valence-corrected chi connectivity index (χ3v) is 5.53. The molecule has 0 saturated heterocycles. The van der Waals surface area contributed by atoms with Gasteiger partial charge in [-0.15, -0.1) is 0 Å². The molecule has 4 atom stereocenters. The summed E-state index contributed by atoms with van der Waals surface area (Å²) in [6.07, 6.45) is 18.6. The molecule has 0 aliphatic rings. The van der Waals surface area contributed by atoms with E-state index >= 15 is 0 Å². The molecule has 0 radical (unpaired) electrons. The highest BCUT2D eigenvalue weighted by Crippen LogP contribution is 2.15. The Kier molecular flexibility index (Phi) is 23.2. The molecule has 7 heteroatoms. The van der Waals surface area contributed by atoms with Crippen LogP contribution in [0.15, 0.2) is 17.3 Å². The third kappa shape index (κ3) is 20.0. The van der Waals surface area contributed by atoms with Gasteiger partial charge in [-0.1, -0.05) is 88.4 Å². The van der Waals surface area contributed by atoms with E-state index in [0.717, 1.165) is 12.8 Å². The molecular weight excluding hydrogens is 418 g/mol. The van der Waals surface area contributed by atoms with Gasteiger partial charge in [0, 0.05) is 18.1 Å². The van der Waals surface area contributed by atoms with Crippen molar-refractivity contribution in [3.05, 3.63) is 22.6 Å². The minimum atomic E-state index is -0.491. The average molecular weight is 470 g/mol. The maximum atomic E-state index is 9.04. The fourth-order valence-corrected chi connectivity index (χ4v) is 3.69. The predicted molar refractivity (Wildman–Crippen MR) is 136 cm³/mol. The molecule has 0 aromatic rings. The van der Waals surface area contributed by atoms with Crippen LogP contribution in [-0.4, -0.2) is 44.5 Å². The zero-order valence-corrected chi connectivity index (χ0v) is 22.0. The van der Waals surface area contributed by atoms with Gasteiger partial charge in [-0.25, -0.2) is 0 Å². The van der Waals surface area contributed by atoms with Crippen LogP contribution in [-0.2, 0) is 18.9 Å². The molecule has 0 N–H and O–H groups in total. The SMILES string of the molecule is CCCCCCCCCCCCCC=C[C@H](OC(C)OCC)[C@@H](COC(C)OCC)N=[N+]=[N-]. The van der Waals surface area contributed by atoms with Gasteiger partial charge in [0.05, 0.1) is 18.8 Å². The van der Waals surface area contributed by atoms with E-state index in [1.807, 2.05) is 33.8 Å². The lowest BCUT2D eigenvalue weighted by molar-refractivity contribution is -0.166. The van der Waals surface area contributed by atoms with E-state index in [2.05, 4.69) is 23.0 Å². The Morgan fingerprint density at radius 3 is 1.85 bits per heavy atom. The Morgan fingerprint density at radius 2 is 1.30 bits per heavy atom. The first kappa shape index (κ1) is 31.9. The predicted octanol–water partition coefficient (Wildman–Crippen LogP) is 8.09. The van der Waals surface area contributed by atoms with E-state index < -0.39 is 18.4 Å². The fourth-order valence-electron chi connectivity index (χ4n) is 3.69. The number of azide groups is 1. The van der Waals surface area contributed by atoms with Crippen molar-refractivity contribution in [2.45, 2.75) is 136 Å². The van der Waals surface area contributed by atoms with Gasteiger partial charge in [-0.05, 0) is 46.1 Å². The summed E-state index contributed by atoms with van der Waals surface area (Å²) >= 11 is 0. The Balaban J connectivity index is 4.39. The van der Waals surface area contributed by atoms with Gasteiger partial charge in [0.2, 0.25) is 0 Å². The van der Waals surface area contributed by atoms with Crippen molar-refractivity contribution in [1.29, 1.82) is 0 Å². The minimum Gasteiger partial charge on any atom is -0.353 e. The number of unbranched alkanes of at least 4 members (excludes halogenated alkanes) is 11. The zero-order chi connectivity index (χ0) is 24.6. The summed E-state index contributed by atoms with van der Waals surface area (Å²) < 4.78 is 22.6. The molecule has 0 bridgehead atoms. The number of hydrogen-bond acceptors (Lipinski definition) is 5. The van der Waals surface area contributed by atoms with Crippen LogP contribution in [0.25, 0.3) is 10.4 Å². The lowest BCUT2D eigenvalue weighted by Gasteiger charge is -2.25. The number of rotatable bonds is 24.